The van der Waals surface area contributed by atoms with E-state index in [0.29, 0.717) is 6.61 Å². The molecule has 3 heterocycles. The minimum absolute atomic E-state index is 0.126. The zero-order valence-electron chi connectivity index (χ0n) is 15.2. The van der Waals surface area contributed by atoms with E-state index in [1.54, 1.807) is 6.20 Å². The summed E-state index contributed by atoms with van der Waals surface area (Å²) in [7, 11) is 2.14. The maximum absolute atomic E-state index is 6.08. The summed E-state index contributed by atoms with van der Waals surface area (Å²) in [6.07, 6.45) is 5.66. The van der Waals surface area contributed by atoms with E-state index in [9.17, 15) is 0 Å². The van der Waals surface area contributed by atoms with Crippen molar-refractivity contribution in [2.45, 2.75) is 25.9 Å². The number of pyridine rings is 1. The van der Waals surface area contributed by atoms with E-state index in [-0.39, 0.29) is 6.10 Å². The van der Waals surface area contributed by atoms with Crippen LogP contribution < -0.4 is 9.47 Å². The minimum Gasteiger partial charge on any atom is -0.494 e. The second-order valence-corrected chi connectivity index (χ2v) is 6.91. The van der Waals surface area contributed by atoms with Gasteiger partial charge in [0.2, 0.25) is 0 Å². The summed E-state index contributed by atoms with van der Waals surface area (Å²) >= 11 is 0. The Kier molecular flexibility index (Phi) is 4.75. The molecule has 4 bridgehead atoms. The lowest BCUT2D eigenvalue weighted by molar-refractivity contribution is 0.182. The van der Waals surface area contributed by atoms with Gasteiger partial charge in [0.05, 0.1) is 24.4 Å². The molecule has 1 aliphatic heterocycles. The predicted molar refractivity (Wildman–Crippen MR) is 102 cm³/mol. The molecule has 136 valence electrons. The van der Waals surface area contributed by atoms with Crippen LogP contribution in [0.4, 0.5) is 0 Å². The molecule has 6 nitrogen and oxygen atoms in total. The Hall–Kier alpha value is -2.60. The van der Waals surface area contributed by atoms with Gasteiger partial charge in [-0.1, -0.05) is 0 Å². The van der Waals surface area contributed by atoms with Crippen molar-refractivity contribution in [2.24, 2.45) is 0 Å². The molecule has 0 spiro atoms. The Bertz CT molecular complexity index is 892. The lowest BCUT2D eigenvalue weighted by Crippen LogP contribution is -2.26. The monoisotopic (exact) mass is 352 g/mol. The number of H-pyrrole nitrogens is 1. The first-order chi connectivity index (χ1) is 12.7. The van der Waals surface area contributed by atoms with Gasteiger partial charge in [0, 0.05) is 30.2 Å². The van der Waals surface area contributed by atoms with Gasteiger partial charge in [-0.15, -0.1) is 0 Å². The number of aromatic nitrogens is 3. The van der Waals surface area contributed by atoms with Gasteiger partial charge < -0.3 is 14.4 Å². The molecule has 0 saturated carbocycles. The van der Waals surface area contributed by atoms with Gasteiger partial charge in [-0.3, -0.25) is 10.1 Å². The van der Waals surface area contributed by atoms with Crippen LogP contribution in [-0.4, -0.2) is 52.9 Å². The van der Waals surface area contributed by atoms with E-state index in [4.69, 9.17) is 9.47 Å². The first kappa shape index (κ1) is 16.8. The number of ether oxygens (including phenoxy) is 2. The standard InChI is InChI=1S/C20H24N4O2/c1-14-6-8-24(2)7-3-9-25-16-4-5-19-18(11-16)20(23-22-19)15-10-17(26-14)13-21-12-15/h4-5,10-14H,3,6-9H2,1-2H3,(H,22,23). The van der Waals surface area contributed by atoms with Crippen molar-refractivity contribution in [1.29, 1.82) is 0 Å². The van der Waals surface area contributed by atoms with Gasteiger partial charge in [0.1, 0.15) is 17.2 Å². The Morgan fingerprint density at radius 3 is 3.00 bits per heavy atom. The maximum atomic E-state index is 6.08. The second-order valence-electron chi connectivity index (χ2n) is 6.91. The first-order valence-electron chi connectivity index (χ1n) is 9.10. The summed E-state index contributed by atoms with van der Waals surface area (Å²) in [6.45, 7) is 4.79. The molecular formula is C20H24N4O2. The van der Waals surface area contributed by atoms with Crippen LogP contribution in [0.2, 0.25) is 0 Å². The maximum Gasteiger partial charge on any atom is 0.138 e. The lowest BCUT2D eigenvalue weighted by atomic mass is 10.1. The number of nitrogens with zero attached hydrogens (tertiary/aromatic N) is 3. The van der Waals surface area contributed by atoms with E-state index < -0.39 is 0 Å². The van der Waals surface area contributed by atoms with Crippen LogP contribution in [0, 0.1) is 0 Å². The molecule has 4 rings (SSSR count). The Balaban J connectivity index is 1.73. The largest absolute Gasteiger partial charge is 0.494 e. The smallest absolute Gasteiger partial charge is 0.138 e. The van der Waals surface area contributed by atoms with Crippen LogP contribution in [-0.2, 0) is 0 Å². The summed E-state index contributed by atoms with van der Waals surface area (Å²) in [6, 6.07) is 8.03. The third-order valence-corrected chi connectivity index (χ3v) is 4.73. The molecule has 0 aliphatic carbocycles. The number of aromatic amines is 1. The Morgan fingerprint density at radius 2 is 2.08 bits per heavy atom. The van der Waals surface area contributed by atoms with Crippen molar-refractivity contribution in [3.8, 4) is 22.8 Å². The fraction of sp³-hybridized carbons (Fsp3) is 0.400. The zero-order valence-corrected chi connectivity index (χ0v) is 15.2. The predicted octanol–water partition coefficient (Wildman–Crippen LogP) is 3.50. The molecule has 1 unspecified atom stereocenters. The lowest BCUT2D eigenvalue weighted by Gasteiger charge is -2.20. The Labute approximate surface area is 153 Å². The normalized spacial score (nSPS) is 19.2. The van der Waals surface area contributed by atoms with Gasteiger partial charge in [-0.25, -0.2) is 0 Å². The highest BCUT2D eigenvalue weighted by molar-refractivity contribution is 5.93. The highest BCUT2D eigenvalue weighted by Crippen LogP contribution is 2.30. The number of hydrogen-bond donors (Lipinski definition) is 1. The minimum atomic E-state index is 0.126. The molecule has 6 heteroatoms. The van der Waals surface area contributed by atoms with Crippen molar-refractivity contribution < 1.29 is 9.47 Å². The number of rotatable bonds is 0. The molecular weight excluding hydrogens is 328 g/mol. The van der Waals surface area contributed by atoms with E-state index in [2.05, 4.69) is 34.1 Å². The number of fused-ring (bicyclic) bond motifs is 4. The van der Waals surface area contributed by atoms with Gasteiger partial charge >= 0.3 is 0 Å². The molecule has 1 N–H and O–H groups in total. The molecule has 0 fully saturated rings. The average Bonchev–Trinajstić information content (AvgIpc) is 3.06. The van der Waals surface area contributed by atoms with Crippen molar-refractivity contribution in [2.75, 3.05) is 26.7 Å². The fourth-order valence-electron chi connectivity index (χ4n) is 3.25. The van der Waals surface area contributed by atoms with Crippen molar-refractivity contribution in [3.63, 3.8) is 0 Å². The van der Waals surface area contributed by atoms with Crippen LogP contribution in [0.1, 0.15) is 19.8 Å². The van der Waals surface area contributed by atoms with E-state index in [1.165, 1.54) is 0 Å². The van der Waals surface area contributed by atoms with Crippen LogP contribution >= 0.6 is 0 Å². The highest BCUT2D eigenvalue weighted by Gasteiger charge is 2.13. The molecule has 0 radical (unpaired) electrons. The second kappa shape index (κ2) is 7.33. The van der Waals surface area contributed by atoms with Crippen LogP contribution in [0.15, 0.2) is 36.7 Å². The van der Waals surface area contributed by atoms with Crippen LogP contribution in [0.5, 0.6) is 11.5 Å². The van der Waals surface area contributed by atoms with Crippen LogP contribution in [0.25, 0.3) is 22.2 Å². The molecule has 1 atom stereocenters. The summed E-state index contributed by atoms with van der Waals surface area (Å²) < 4.78 is 12.0. The van der Waals surface area contributed by atoms with Gasteiger partial charge in [0.15, 0.2) is 0 Å². The third kappa shape index (κ3) is 3.65. The quantitative estimate of drug-likeness (QED) is 0.671. The molecule has 2 aromatic heterocycles. The van der Waals surface area contributed by atoms with Crippen molar-refractivity contribution in [1.82, 2.24) is 20.1 Å². The average molecular weight is 352 g/mol. The molecule has 0 saturated heterocycles. The van der Waals surface area contributed by atoms with E-state index in [1.807, 2.05) is 30.5 Å². The molecule has 1 aromatic carbocycles. The van der Waals surface area contributed by atoms with Crippen molar-refractivity contribution >= 4 is 10.9 Å². The summed E-state index contributed by atoms with van der Waals surface area (Å²) in [4.78, 5) is 6.67. The first-order valence-corrected chi connectivity index (χ1v) is 9.10. The third-order valence-electron chi connectivity index (χ3n) is 4.73. The van der Waals surface area contributed by atoms with Gasteiger partial charge in [0.25, 0.3) is 0 Å². The van der Waals surface area contributed by atoms with Crippen LogP contribution in [0.3, 0.4) is 0 Å². The summed E-state index contributed by atoms with van der Waals surface area (Å²) in [5, 5.41) is 8.60. The molecule has 3 aromatic rings. The number of nitrogens with one attached hydrogen (secondary N) is 1. The molecule has 0 amide bonds. The fourth-order valence-corrected chi connectivity index (χ4v) is 3.25. The highest BCUT2D eigenvalue weighted by atomic mass is 16.5. The molecule has 1 aliphatic rings. The van der Waals surface area contributed by atoms with E-state index >= 15 is 0 Å². The topological polar surface area (TPSA) is 63.3 Å². The summed E-state index contributed by atoms with van der Waals surface area (Å²) in [5.74, 6) is 1.64. The van der Waals surface area contributed by atoms with Crippen molar-refractivity contribution in [3.05, 3.63) is 36.7 Å². The number of hydrogen-bond acceptors (Lipinski definition) is 5. The Morgan fingerprint density at radius 1 is 1.15 bits per heavy atom. The number of benzene rings is 1. The SMILES string of the molecule is CC1CCN(C)CCCOc2ccc3[nH]nc(c3c2)-c2cncc(c2)O1. The van der Waals surface area contributed by atoms with Gasteiger partial charge in [-0.2, -0.15) is 5.10 Å². The van der Waals surface area contributed by atoms with E-state index in [0.717, 1.165) is 59.6 Å². The summed E-state index contributed by atoms with van der Waals surface area (Å²) in [5.41, 5.74) is 2.78. The zero-order chi connectivity index (χ0) is 17.9. The van der Waals surface area contributed by atoms with Gasteiger partial charge in [-0.05, 0) is 51.1 Å². The molecule has 26 heavy (non-hydrogen) atoms.